The lowest BCUT2D eigenvalue weighted by molar-refractivity contribution is -0.114. The first-order valence-corrected chi connectivity index (χ1v) is 5.80. The Kier molecular flexibility index (Phi) is 4.59. The van der Waals surface area contributed by atoms with E-state index in [9.17, 15) is 14.7 Å². The van der Waals surface area contributed by atoms with Crippen molar-refractivity contribution in [3.8, 4) is 0 Å². The molecule has 0 amide bonds. The molecular weight excluding hydrogens is 240 g/mol. The molecule has 1 aliphatic carbocycles. The molecule has 0 unspecified atom stereocenters. The minimum absolute atomic E-state index is 0.0924. The minimum atomic E-state index is -0.323. The molecule has 1 aliphatic rings. The molecule has 0 atom stereocenters. The average molecular weight is 256 g/mol. The molecule has 3 nitrogen and oxygen atoms in total. The van der Waals surface area contributed by atoms with E-state index in [1.165, 1.54) is 25.2 Å². The molecule has 3 heteroatoms. The lowest BCUT2D eigenvalue weighted by Crippen LogP contribution is -2.17. The molecule has 0 heterocycles. The Bertz CT molecular complexity index is 581. The fourth-order valence-corrected chi connectivity index (χ4v) is 1.88. The Morgan fingerprint density at radius 2 is 1.74 bits per heavy atom. The smallest absolute Gasteiger partial charge is 0.194 e. The Morgan fingerprint density at radius 3 is 2.16 bits per heavy atom. The highest BCUT2D eigenvalue weighted by atomic mass is 16.3. The van der Waals surface area contributed by atoms with Gasteiger partial charge in [0.15, 0.2) is 11.6 Å². The summed E-state index contributed by atoms with van der Waals surface area (Å²) in [5.74, 6) is -0.682. The molecule has 1 N–H and O–H groups in total. The van der Waals surface area contributed by atoms with E-state index >= 15 is 0 Å². The van der Waals surface area contributed by atoms with Crippen LogP contribution in [0, 0.1) is 0 Å². The van der Waals surface area contributed by atoms with E-state index in [0.717, 1.165) is 0 Å². The summed E-state index contributed by atoms with van der Waals surface area (Å²) >= 11 is 0. The summed E-state index contributed by atoms with van der Waals surface area (Å²) in [5, 5.41) is 10.2. The molecule has 0 aromatic rings. The molecule has 0 aromatic heterocycles. The van der Waals surface area contributed by atoms with E-state index in [1.54, 1.807) is 19.1 Å². The number of aliphatic hydroxyl groups excluding tert-OH is 1. The van der Waals surface area contributed by atoms with Crippen LogP contribution in [0.25, 0.3) is 0 Å². The van der Waals surface area contributed by atoms with Gasteiger partial charge in [-0.2, -0.15) is 0 Å². The average Bonchev–Trinajstić information content (AvgIpc) is 2.35. The number of hydrogen-bond donors (Lipinski definition) is 1. The van der Waals surface area contributed by atoms with Crippen LogP contribution in [0.1, 0.15) is 13.8 Å². The number of allylic oxidation sites excluding steroid dienone is 8. The molecule has 1 rings (SSSR count). The quantitative estimate of drug-likeness (QED) is 0.786. The second kappa shape index (κ2) is 5.96. The largest absolute Gasteiger partial charge is 0.507 e. The number of hydrogen-bond acceptors (Lipinski definition) is 3. The number of rotatable bonds is 4. The predicted molar refractivity (Wildman–Crippen MR) is 75.7 cm³/mol. The summed E-state index contributed by atoms with van der Waals surface area (Å²) < 4.78 is 0. The Balaban J connectivity index is 3.68. The van der Waals surface area contributed by atoms with Gasteiger partial charge in [-0.3, -0.25) is 9.59 Å². The fraction of sp³-hybridized carbons (Fsp3) is 0.125. The van der Waals surface area contributed by atoms with Gasteiger partial charge in [0, 0.05) is 22.3 Å². The van der Waals surface area contributed by atoms with Crippen molar-refractivity contribution in [2.24, 2.45) is 0 Å². The number of carbonyl (C=O) groups excluding carboxylic acids is 2. The summed E-state index contributed by atoms with van der Waals surface area (Å²) in [6, 6.07) is 0. The number of ketones is 2. The standard InChI is InChI=1S/C16H16O3/c1-5-8-13-11(6-2)15(18)12(7-3)14(16(13)19)9-10(4)17/h5-9,18H,2-3H2,1,4H3/b8-5-,14-9?. The van der Waals surface area contributed by atoms with Gasteiger partial charge in [-0.05, 0) is 19.9 Å². The van der Waals surface area contributed by atoms with E-state index in [-0.39, 0.29) is 28.5 Å². The highest BCUT2D eigenvalue weighted by Gasteiger charge is 2.28. The number of aliphatic hydroxyl groups is 1. The van der Waals surface area contributed by atoms with Crippen LogP contribution < -0.4 is 0 Å². The Hall–Kier alpha value is -2.42. The van der Waals surface area contributed by atoms with Crippen molar-refractivity contribution in [2.75, 3.05) is 0 Å². The van der Waals surface area contributed by atoms with Crippen molar-refractivity contribution in [2.45, 2.75) is 13.8 Å². The monoisotopic (exact) mass is 256 g/mol. The van der Waals surface area contributed by atoms with Crippen LogP contribution in [0.4, 0.5) is 0 Å². The predicted octanol–water partition coefficient (Wildman–Crippen LogP) is 3.14. The van der Waals surface area contributed by atoms with E-state index < -0.39 is 0 Å². The molecule has 19 heavy (non-hydrogen) atoms. The third-order valence-corrected chi connectivity index (χ3v) is 2.67. The Morgan fingerprint density at radius 1 is 1.16 bits per heavy atom. The second-order valence-corrected chi connectivity index (χ2v) is 4.00. The van der Waals surface area contributed by atoms with Crippen LogP contribution in [-0.2, 0) is 9.59 Å². The number of Topliss-reactive ketones (excluding diaryl/α,β-unsaturated/α-hetero) is 1. The van der Waals surface area contributed by atoms with Gasteiger partial charge in [0.1, 0.15) is 5.76 Å². The first-order chi connectivity index (χ1) is 8.97. The van der Waals surface area contributed by atoms with Gasteiger partial charge in [0.05, 0.1) is 0 Å². The van der Waals surface area contributed by atoms with Crippen LogP contribution in [0.5, 0.6) is 0 Å². The van der Waals surface area contributed by atoms with Gasteiger partial charge in [-0.25, -0.2) is 0 Å². The summed E-state index contributed by atoms with van der Waals surface area (Å²) in [6.45, 7) is 10.3. The van der Waals surface area contributed by atoms with Crippen LogP contribution in [0.3, 0.4) is 0 Å². The molecule has 0 aliphatic heterocycles. The highest BCUT2D eigenvalue weighted by Crippen LogP contribution is 2.32. The van der Waals surface area contributed by atoms with Crippen LogP contribution >= 0.6 is 0 Å². The van der Waals surface area contributed by atoms with Crippen LogP contribution in [0.2, 0.25) is 0 Å². The molecule has 98 valence electrons. The van der Waals surface area contributed by atoms with Crippen molar-refractivity contribution in [3.63, 3.8) is 0 Å². The lowest BCUT2D eigenvalue weighted by Gasteiger charge is -2.19. The van der Waals surface area contributed by atoms with Crippen molar-refractivity contribution >= 4 is 11.6 Å². The van der Waals surface area contributed by atoms with Gasteiger partial charge >= 0.3 is 0 Å². The zero-order chi connectivity index (χ0) is 14.6. The van der Waals surface area contributed by atoms with E-state index in [4.69, 9.17) is 0 Å². The van der Waals surface area contributed by atoms with Gasteiger partial charge in [0.25, 0.3) is 0 Å². The zero-order valence-corrected chi connectivity index (χ0v) is 11.1. The molecule has 0 saturated heterocycles. The molecule has 0 saturated carbocycles. The molecule has 0 fully saturated rings. The van der Waals surface area contributed by atoms with E-state index in [2.05, 4.69) is 13.2 Å². The first kappa shape index (κ1) is 14.6. The van der Waals surface area contributed by atoms with Crippen molar-refractivity contribution in [1.29, 1.82) is 0 Å². The molecule has 0 bridgehead atoms. The minimum Gasteiger partial charge on any atom is -0.507 e. The van der Waals surface area contributed by atoms with Gasteiger partial charge in [-0.15, -0.1) is 0 Å². The SMILES string of the molecule is C=CC1=C(O)C(C=C)=C(/C=C\C)C(=O)C1=CC(C)=O. The maximum absolute atomic E-state index is 12.4. The molecule has 0 radical (unpaired) electrons. The van der Waals surface area contributed by atoms with Crippen molar-refractivity contribution in [1.82, 2.24) is 0 Å². The van der Waals surface area contributed by atoms with Gasteiger partial charge in [0.2, 0.25) is 0 Å². The highest BCUT2D eigenvalue weighted by molar-refractivity contribution is 6.18. The maximum Gasteiger partial charge on any atom is 0.194 e. The van der Waals surface area contributed by atoms with Crippen molar-refractivity contribution < 1.29 is 14.7 Å². The van der Waals surface area contributed by atoms with Crippen molar-refractivity contribution in [3.05, 3.63) is 71.6 Å². The summed E-state index contributed by atoms with van der Waals surface area (Å²) in [4.78, 5) is 23.6. The summed E-state index contributed by atoms with van der Waals surface area (Å²) in [6.07, 6.45) is 7.26. The zero-order valence-electron chi connectivity index (χ0n) is 11.1. The van der Waals surface area contributed by atoms with Crippen LogP contribution in [0.15, 0.2) is 71.6 Å². The number of carbonyl (C=O) groups is 2. The third-order valence-electron chi connectivity index (χ3n) is 2.67. The lowest BCUT2D eigenvalue weighted by atomic mass is 9.84. The molecule has 0 spiro atoms. The molecular formula is C16H16O3. The van der Waals surface area contributed by atoms with Gasteiger partial charge in [-0.1, -0.05) is 37.5 Å². The van der Waals surface area contributed by atoms with E-state index in [0.29, 0.717) is 11.1 Å². The Labute approximate surface area is 112 Å². The normalized spacial score (nSPS) is 18.4. The van der Waals surface area contributed by atoms with Gasteiger partial charge < -0.3 is 5.11 Å². The van der Waals surface area contributed by atoms with Crippen LogP contribution in [-0.4, -0.2) is 16.7 Å². The maximum atomic E-state index is 12.4. The third kappa shape index (κ3) is 2.71. The fourth-order valence-electron chi connectivity index (χ4n) is 1.88. The molecule has 0 aromatic carbocycles. The summed E-state index contributed by atoms with van der Waals surface area (Å²) in [5.41, 5.74) is 1.06. The second-order valence-electron chi connectivity index (χ2n) is 4.00. The first-order valence-electron chi connectivity index (χ1n) is 5.80. The summed E-state index contributed by atoms with van der Waals surface area (Å²) in [7, 11) is 0. The topological polar surface area (TPSA) is 54.4 Å². The van der Waals surface area contributed by atoms with E-state index in [1.807, 2.05) is 0 Å².